The molecule has 13 heavy (non-hydrogen) atoms. The highest BCUT2D eigenvalue weighted by molar-refractivity contribution is 6.34. The Bertz CT molecular complexity index is 447. The quantitative estimate of drug-likeness (QED) is 0.699. The number of hydrogen-bond acceptors (Lipinski definition) is 2. The lowest BCUT2D eigenvalue weighted by atomic mass is 10.2. The summed E-state index contributed by atoms with van der Waals surface area (Å²) in [7, 11) is 1.91. The smallest absolute Gasteiger partial charge is 0.130 e. The highest BCUT2D eigenvalue weighted by atomic mass is 35.5. The molecule has 2 aromatic rings. The first-order valence-corrected chi connectivity index (χ1v) is 4.58. The van der Waals surface area contributed by atoms with Gasteiger partial charge in [0.15, 0.2) is 0 Å². The van der Waals surface area contributed by atoms with Crippen LogP contribution in [0.25, 0.3) is 11.0 Å². The van der Waals surface area contributed by atoms with Gasteiger partial charge < -0.3 is 0 Å². The first-order valence-electron chi connectivity index (χ1n) is 4.20. The molecule has 0 amide bonds. The third-order valence-electron chi connectivity index (χ3n) is 2.12. The van der Waals surface area contributed by atoms with E-state index in [4.69, 9.17) is 11.6 Å². The summed E-state index contributed by atoms with van der Waals surface area (Å²) in [5, 5.41) is 4.97. The zero-order valence-corrected chi connectivity index (χ0v) is 8.34. The van der Waals surface area contributed by atoms with Crippen molar-refractivity contribution in [3.63, 3.8) is 0 Å². The molecule has 0 N–H and O–H groups in total. The molecule has 0 unspecified atom stereocenters. The fraction of sp³-hybridized carbons (Fsp3) is 0.333. The average Bonchev–Trinajstić information content (AvgIpc) is 2.43. The van der Waals surface area contributed by atoms with Gasteiger partial charge in [-0.2, -0.15) is 5.10 Å². The van der Waals surface area contributed by atoms with Crippen molar-refractivity contribution in [2.45, 2.75) is 13.3 Å². The number of hydrogen-bond donors (Lipinski definition) is 0. The average molecular weight is 196 g/mol. The van der Waals surface area contributed by atoms with Crippen molar-refractivity contribution in [3.05, 3.63) is 23.0 Å². The lowest BCUT2D eigenvalue weighted by molar-refractivity contribution is 0.727. The number of aryl methyl sites for hydroxylation is 2. The van der Waals surface area contributed by atoms with Crippen LogP contribution in [0.15, 0.2) is 12.3 Å². The molecule has 2 aromatic heterocycles. The number of nitrogens with zero attached hydrogens (tertiary/aromatic N) is 3. The maximum absolute atomic E-state index is 5.98. The Balaban J connectivity index is 2.86. The van der Waals surface area contributed by atoms with E-state index in [-0.39, 0.29) is 0 Å². The van der Waals surface area contributed by atoms with Crippen LogP contribution in [0.3, 0.4) is 0 Å². The topological polar surface area (TPSA) is 30.7 Å². The Morgan fingerprint density at radius 3 is 2.92 bits per heavy atom. The Morgan fingerprint density at radius 2 is 2.23 bits per heavy atom. The Labute approximate surface area is 81.3 Å². The van der Waals surface area contributed by atoms with Gasteiger partial charge in [-0.1, -0.05) is 18.5 Å². The van der Waals surface area contributed by atoms with Crippen molar-refractivity contribution in [2.75, 3.05) is 0 Å². The molecule has 0 aromatic carbocycles. The molecular weight excluding hydrogens is 186 g/mol. The summed E-state index contributed by atoms with van der Waals surface area (Å²) in [6, 6.07) is 1.76. The van der Waals surface area contributed by atoms with E-state index in [1.807, 2.05) is 11.7 Å². The van der Waals surface area contributed by atoms with E-state index in [1.54, 1.807) is 12.3 Å². The maximum Gasteiger partial charge on any atom is 0.130 e. The lowest BCUT2D eigenvalue weighted by Gasteiger charge is -1.95. The molecular formula is C9H10ClN3. The molecule has 2 heterocycles. The first-order chi connectivity index (χ1) is 6.24. The van der Waals surface area contributed by atoms with Crippen molar-refractivity contribution in [1.29, 1.82) is 0 Å². The molecule has 0 bridgehead atoms. The second-order valence-electron chi connectivity index (χ2n) is 2.91. The summed E-state index contributed by atoms with van der Waals surface area (Å²) in [6.45, 7) is 2.08. The Hall–Kier alpha value is -1.09. The molecule has 4 heteroatoms. The number of halogens is 1. The van der Waals surface area contributed by atoms with Crippen LogP contribution in [0.4, 0.5) is 0 Å². The standard InChI is InChI=1S/C9H10ClN3/c1-3-7-9-8(12-13(7)2)6(10)4-5-11-9/h4-5H,3H2,1-2H3. The van der Waals surface area contributed by atoms with Crippen LogP contribution in [-0.2, 0) is 13.5 Å². The van der Waals surface area contributed by atoms with E-state index >= 15 is 0 Å². The van der Waals surface area contributed by atoms with Crippen LogP contribution >= 0.6 is 11.6 Å². The number of rotatable bonds is 1. The summed E-state index contributed by atoms with van der Waals surface area (Å²) >= 11 is 5.98. The molecule has 0 aliphatic heterocycles. The summed E-state index contributed by atoms with van der Waals surface area (Å²) in [5.74, 6) is 0. The van der Waals surface area contributed by atoms with Crippen molar-refractivity contribution in [3.8, 4) is 0 Å². The minimum Gasteiger partial charge on any atom is -0.270 e. The summed E-state index contributed by atoms with van der Waals surface area (Å²) in [6.07, 6.45) is 2.63. The third-order valence-corrected chi connectivity index (χ3v) is 2.43. The van der Waals surface area contributed by atoms with Gasteiger partial charge in [-0.15, -0.1) is 0 Å². The SMILES string of the molecule is CCc1c2nccc(Cl)c2nn1C. The second-order valence-corrected chi connectivity index (χ2v) is 3.32. The maximum atomic E-state index is 5.98. The van der Waals surface area contributed by atoms with Gasteiger partial charge in [0, 0.05) is 13.2 Å². The van der Waals surface area contributed by atoms with E-state index < -0.39 is 0 Å². The fourth-order valence-electron chi connectivity index (χ4n) is 1.50. The fourth-order valence-corrected chi connectivity index (χ4v) is 1.68. The number of pyridine rings is 1. The van der Waals surface area contributed by atoms with Crippen LogP contribution in [0, 0.1) is 0 Å². The van der Waals surface area contributed by atoms with Crippen LogP contribution in [0.5, 0.6) is 0 Å². The van der Waals surface area contributed by atoms with E-state index in [9.17, 15) is 0 Å². The molecule has 0 radical (unpaired) electrons. The molecule has 0 fully saturated rings. The van der Waals surface area contributed by atoms with Gasteiger partial charge in [-0.3, -0.25) is 9.67 Å². The highest BCUT2D eigenvalue weighted by Crippen LogP contribution is 2.22. The van der Waals surface area contributed by atoms with Gasteiger partial charge in [0.05, 0.1) is 10.7 Å². The molecule has 0 aliphatic carbocycles. The second kappa shape index (κ2) is 3.00. The van der Waals surface area contributed by atoms with Gasteiger partial charge in [0.25, 0.3) is 0 Å². The molecule has 0 saturated heterocycles. The van der Waals surface area contributed by atoms with Crippen LogP contribution in [-0.4, -0.2) is 14.8 Å². The molecule has 0 saturated carbocycles. The molecule has 0 atom stereocenters. The highest BCUT2D eigenvalue weighted by Gasteiger charge is 2.10. The van der Waals surface area contributed by atoms with Gasteiger partial charge in [-0.25, -0.2) is 0 Å². The predicted octanol–water partition coefficient (Wildman–Crippen LogP) is 2.18. The zero-order chi connectivity index (χ0) is 9.42. The molecule has 0 aliphatic rings. The summed E-state index contributed by atoms with van der Waals surface area (Å²) in [5.41, 5.74) is 2.83. The number of fused-ring (bicyclic) bond motifs is 1. The van der Waals surface area contributed by atoms with Gasteiger partial charge in [0.2, 0.25) is 0 Å². The van der Waals surface area contributed by atoms with E-state index in [0.29, 0.717) is 5.02 Å². The van der Waals surface area contributed by atoms with Crippen molar-refractivity contribution in [2.24, 2.45) is 7.05 Å². The van der Waals surface area contributed by atoms with E-state index in [0.717, 1.165) is 23.1 Å². The Morgan fingerprint density at radius 1 is 1.46 bits per heavy atom. The summed E-state index contributed by atoms with van der Waals surface area (Å²) < 4.78 is 1.84. The number of aromatic nitrogens is 3. The first kappa shape index (κ1) is 8.51. The molecule has 2 rings (SSSR count). The van der Waals surface area contributed by atoms with Gasteiger partial charge >= 0.3 is 0 Å². The lowest BCUT2D eigenvalue weighted by Crippen LogP contribution is -1.95. The molecule has 0 spiro atoms. The van der Waals surface area contributed by atoms with Crippen molar-refractivity contribution >= 4 is 22.6 Å². The predicted molar refractivity (Wildman–Crippen MR) is 52.9 cm³/mol. The molecule has 68 valence electrons. The van der Waals surface area contributed by atoms with Gasteiger partial charge in [-0.05, 0) is 12.5 Å². The third kappa shape index (κ3) is 1.20. The minimum absolute atomic E-state index is 0.667. The van der Waals surface area contributed by atoms with Crippen LogP contribution < -0.4 is 0 Å². The monoisotopic (exact) mass is 195 g/mol. The van der Waals surface area contributed by atoms with E-state index in [2.05, 4.69) is 17.0 Å². The normalized spacial score (nSPS) is 11.0. The van der Waals surface area contributed by atoms with E-state index in [1.165, 1.54) is 0 Å². The Kier molecular flexibility index (Phi) is 1.96. The minimum atomic E-state index is 0.667. The largest absolute Gasteiger partial charge is 0.270 e. The van der Waals surface area contributed by atoms with Crippen molar-refractivity contribution in [1.82, 2.24) is 14.8 Å². The van der Waals surface area contributed by atoms with Crippen LogP contribution in [0.2, 0.25) is 5.02 Å². The van der Waals surface area contributed by atoms with Crippen molar-refractivity contribution < 1.29 is 0 Å². The van der Waals surface area contributed by atoms with Gasteiger partial charge in [0.1, 0.15) is 11.0 Å². The molecule has 3 nitrogen and oxygen atoms in total. The zero-order valence-electron chi connectivity index (χ0n) is 7.58. The summed E-state index contributed by atoms with van der Waals surface area (Å²) in [4.78, 5) is 4.27. The van der Waals surface area contributed by atoms with Crippen LogP contribution in [0.1, 0.15) is 12.6 Å².